The Balaban J connectivity index is 3.44. The van der Waals surface area contributed by atoms with E-state index in [1.54, 1.807) is 0 Å². The van der Waals surface area contributed by atoms with E-state index in [2.05, 4.69) is 4.98 Å². The van der Waals surface area contributed by atoms with Crippen LogP contribution in [0.15, 0.2) is 23.4 Å². The van der Waals surface area contributed by atoms with Crippen LogP contribution in [0.2, 0.25) is 0 Å². The van der Waals surface area contributed by atoms with Gasteiger partial charge < -0.3 is 5.73 Å². The fourth-order valence-corrected chi connectivity index (χ4v) is 2.79. The summed E-state index contributed by atoms with van der Waals surface area (Å²) >= 11 is 0. The molecule has 0 unspecified atom stereocenters. The molecule has 0 fully saturated rings. The molecule has 106 valence electrons. The zero-order chi connectivity index (χ0) is 14.8. The van der Waals surface area contributed by atoms with E-state index in [-0.39, 0.29) is 5.69 Å². The van der Waals surface area contributed by atoms with Crippen LogP contribution in [0.4, 0.5) is 10.5 Å². The molecular formula is C8H12N4O5S2. The number of hydrogen-bond acceptors (Lipinski definition) is 6. The van der Waals surface area contributed by atoms with Gasteiger partial charge in [0.1, 0.15) is 0 Å². The van der Waals surface area contributed by atoms with Crippen LogP contribution < -0.4 is 14.8 Å². The molecule has 1 aromatic heterocycles. The lowest BCUT2D eigenvalue weighted by Gasteiger charge is -2.18. The first-order valence-corrected chi connectivity index (χ1v) is 8.10. The summed E-state index contributed by atoms with van der Waals surface area (Å²) in [4.78, 5) is 14.2. The van der Waals surface area contributed by atoms with E-state index in [9.17, 15) is 21.6 Å². The van der Waals surface area contributed by atoms with Gasteiger partial charge in [-0.05, 0) is 12.1 Å². The van der Waals surface area contributed by atoms with Crippen molar-refractivity contribution in [1.82, 2.24) is 9.71 Å². The minimum Gasteiger partial charge on any atom is -0.351 e. The molecule has 2 amide bonds. The zero-order valence-electron chi connectivity index (χ0n) is 10.1. The lowest BCUT2D eigenvalue weighted by atomic mass is 10.4. The number of carbonyl (C=O) groups excluding carboxylic acids is 1. The van der Waals surface area contributed by atoms with Crippen molar-refractivity contribution in [3.05, 3.63) is 18.3 Å². The summed E-state index contributed by atoms with van der Waals surface area (Å²) in [6.45, 7) is 0. The van der Waals surface area contributed by atoms with Crippen molar-refractivity contribution in [3.63, 3.8) is 0 Å². The Kier molecular flexibility index (Phi) is 4.00. The predicted octanol–water partition coefficient (Wildman–Crippen LogP) is -1.17. The Morgan fingerprint density at radius 3 is 2.42 bits per heavy atom. The number of aromatic nitrogens is 1. The molecule has 1 rings (SSSR count). The summed E-state index contributed by atoms with van der Waals surface area (Å²) in [6.07, 6.45) is 2.05. The number of urea groups is 1. The number of rotatable bonds is 4. The Hall–Kier alpha value is -1.88. The van der Waals surface area contributed by atoms with Gasteiger partial charge in [0, 0.05) is 13.2 Å². The summed E-state index contributed by atoms with van der Waals surface area (Å²) in [5.41, 5.74) is 4.54. The Morgan fingerprint density at radius 2 is 1.95 bits per heavy atom. The number of nitrogens with two attached hydrogens (primary N) is 1. The second kappa shape index (κ2) is 5.01. The highest BCUT2D eigenvalue weighted by atomic mass is 32.2. The van der Waals surface area contributed by atoms with Crippen molar-refractivity contribution < 1.29 is 21.6 Å². The third kappa shape index (κ3) is 3.54. The topological polar surface area (TPSA) is 140 Å². The molecule has 0 bridgehead atoms. The van der Waals surface area contributed by atoms with Crippen LogP contribution >= 0.6 is 0 Å². The Morgan fingerprint density at radius 1 is 1.37 bits per heavy atom. The maximum atomic E-state index is 11.8. The predicted molar refractivity (Wildman–Crippen MR) is 67.4 cm³/mol. The van der Waals surface area contributed by atoms with Crippen molar-refractivity contribution >= 4 is 31.8 Å². The summed E-state index contributed by atoms with van der Waals surface area (Å²) in [6, 6.07) is 1.31. The van der Waals surface area contributed by atoms with Crippen LogP contribution in [0.25, 0.3) is 0 Å². The zero-order valence-corrected chi connectivity index (χ0v) is 11.7. The average molecular weight is 308 g/mol. The molecule has 0 saturated carbocycles. The first-order valence-electron chi connectivity index (χ1n) is 4.77. The molecule has 0 aliphatic carbocycles. The number of sulfonamides is 2. The molecule has 19 heavy (non-hydrogen) atoms. The van der Waals surface area contributed by atoms with Crippen LogP contribution in [-0.2, 0) is 20.0 Å². The molecular weight excluding hydrogens is 296 g/mol. The molecule has 9 nitrogen and oxygen atoms in total. The first kappa shape index (κ1) is 15.2. The van der Waals surface area contributed by atoms with Crippen LogP contribution in [0.3, 0.4) is 0 Å². The van der Waals surface area contributed by atoms with E-state index in [1.165, 1.54) is 16.9 Å². The van der Waals surface area contributed by atoms with E-state index in [0.717, 1.165) is 23.8 Å². The number of pyridine rings is 1. The maximum absolute atomic E-state index is 11.8. The maximum Gasteiger partial charge on any atom is 0.326 e. The standard InChI is InChI=1S/C8H12N4O5S2/c1-12(18(2,14)15)6-4-3-5-10-7(6)19(16,17)11-8(9)13/h3-5H,1-2H3,(H3,9,11,13). The van der Waals surface area contributed by atoms with Crippen LogP contribution in [0.1, 0.15) is 0 Å². The smallest absolute Gasteiger partial charge is 0.326 e. The highest BCUT2D eigenvalue weighted by Crippen LogP contribution is 2.23. The third-order valence-corrected chi connectivity index (χ3v) is 4.56. The van der Waals surface area contributed by atoms with E-state index in [0.29, 0.717) is 0 Å². The van der Waals surface area contributed by atoms with Gasteiger partial charge in [-0.3, -0.25) is 4.31 Å². The fourth-order valence-electron chi connectivity index (χ4n) is 1.19. The highest BCUT2D eigenvalue weighted by Gasteiger charge is 2.26. The first-order chi connectivity index (χ1) is 8.55. The van der Waals surface area contributed by atoms with E-state index in [4.69, 9.17) is 5.73 Å². The number of primary amides is 1. The number of nitrogens with zero attached hydrogens (tertiary/aromatic N) is 2. The van der Waals surface area contributed by atoms with E-state index >= 15 is 0 Å². The lowest BCUT2D eigenvalue weighted by Crippen LogP contribution is -2.37. The van der Waals surface area contributed by atoms with Crippen LogP contribution in [0, 0.1) is 0 Å². The molecule has 11 heteroatoms. The molecule has 1 heterocycles. The molecule has 3 N–H and O–H groups in total. The summed E-state index contributed by atoms with van der Waals surface area (Å²) in [5.74, 6) is 0. The average Bonchev–Trinajstić information content (AvgIpc) is 2.25. The summed E-state index contributed by atoms with van der Waals surface area (Å²) < 4.78 is 48.7. The molecule has 0 aliphatic rings. The summed E-state index contributed by atoms with van der Waals surface area (Å²) in [5, 5.41) is -0.610. The van der Waals surface area contributed by atoms with E-state index in [1.807, 2.05) is 0 Å². The number of amides is 2. The number of hydrogen-bond donors (Lipinski definition) is 2. The normalized spacial score (nSPS) is 11.9. The van der Waals surface area contributed by atoms with Crippen molar-refractivity contribution in [2.24, 2.45) is 5.73 Å². The second-order valence-electron chi connectivity index (χ2n) is 3.53. The summed E-state index contributed by atoms with van der Waals surface area (Å²) in [7, 11) is -6.86. The number of nitrogens with one attached hydrogen (secondary N) is 1. The van der Waals surface area contributed by atoms with Gasteiger partial charge in [-0.1, -0.05) is 0 Å². The SMILES string of the molecule is CN(c1cccnc1S(=O)(=O)NC(N)=O)S(C)(=O)=O. The lowest BCUT2D eigenvalue weighted by molar-refractivity contribution is 0.253. The van der Waals surface area contributed by atoms with Crippen molar-refractivity contribution in [1.29, 1.82) is 0 Å². The number of anilines is 1. The Bertz CT molecular complexity index is 698. The molecule has 0 radical (unpaired) electrons. The second-order valence-corrected chi connectivity index (χ2v) is 7.14. The molecule has 0 atom stereocenters. The highest BCUT2D eigenvalue weighted by molar-refractivity contribution is 7.92. The van der Waals surface area contributed by atoms with Gasteiger partial charge in [-0.2, -0.15) is 8.42 Å². The van der Waals surface area contributed by atoms with Gasteiger partial charge in [0.2, 0.25) is 15.0 Å². The van der Waals surface area contributed by atoms with E-state index < -0.39 is 31.1 Å². The molecule has 0 spiro atoms. The minimum absolute atomic E-state index is 0.196. The van der Waals surface area contributed by atoms with Gasteiger partial charge in [0.05, 0.1) is 11.9 Å². The van der Waals surface area contributed by atoms with Crippen LogP contribution in [0.5, 0.6) is 0 Å². The molecule has 0 aliphatic heterocycles. The minimum atomic E-state index is -4.34. The van der Waals surface area contributed by atoms with Gasteiger partial charge in [0.25, 0.3) is 10.0 Å². The van der Waals surface area contributed by atoms with Crippen molar-refractivity contribution in [3.8, 4) is 0 Å². The monoisotopic (exact) mass is 308 g/mol. The van der Waals surface area contributed by atoms with Crippen molar-refractivity contribution in [2.75, 3.05) is 17.6 Å². The molecule has 0 saturated heterocycles. The van der Waals surface area contributed by atoms with Gasteiger partial charge in [-0.25, -0.2) is 22.9 Å². The third-order valence-electron chi connectivity index (χ3n) is 2.08. The van der Waals surface area contributed by atoms with Gasteiger partial charge >= 0.3 is 6.03 Å². The van der Waals surface area contributed by atoms with Crippen LogP contribution in [-0.4, -0.2) is 41.2 Å². The quantitative estimate of drug-likeness (QED) is 0.718. The fraction of sp³-hybridized carbons (Fsp3) is 0.250. The molecule has 0 aromatic carbocycles. The Labute approximate surface area is 110 Å². The van der Waals surface area contributed by atoms with Gasteiger partial charge in [-0.15, -0.1) is 0 Å². The largest absolute Gasteiger partial charge is 0.351 e. The van der Waals surface area contributed by atoms with Crippen molar-refractivity contribution in [2.45, 2.75) is 5.03 Å². The van der Waals surface area contributed by atoms with Gasteiger partial charge in [0.15, 0.2) is 0 Å². The molecule has 1 aromatic rings. The number of carbonyl (C=O) groups is 1.